The smallest absolute Gasteiger partial charge is 0.211 e. The van der Waals surface area contributed by atoms with Gasteiger partial charge in [-0.1, -0.05) is 6.42 Å². The molecule has 1 N–H and O–H groups in total. The molecular formula is C11H23ClN2O2S. The van der Waals surface area contributed by atoms with Crippen molar-refractivity contribution in [3.05, 3.63) is 0 Å². The zero-order valence-electron chi connectivity index (χ0n) is 10.5. The molecule has 1 atom stereocenters. The minimum atomic E-state index is -3.15. The minimum Gasteiger partial charge on any atom is -0.302 e. The number of rotatable bonds is 7. The highest BCUT2D eigenvalue weighted by Gasteiger charge is 2.17. The fourth-order valence-electron chi connectivity index (χ4n) is 2.18. The summed E-state index contributed by atoms with van der Waals surface area (Å²) >= 11 is 5.50. The number of halogens is 1. The van der Waals surface area contributed by atoms with Crippen LogP contribution in [0.3, 0.4) is 0 Å². The van der Waals surface area contributed by atoms with E-state index < -0.39 is 10.0 Å². The van der Waals surface area contributed by atoms with Crippen molar-refractivity contribution in [1.82, 2.24) is 9.62 Å². The summed E-state index contributed by atoms with van der Waals surface area (Å²) in [5.41, 5.74) is 0. The fourth-order valence-corrected chi connectivity index (χ4v) is 3.80. The van der Waals surface area contributed by atoms with Crippen molar-refractivity contribution in [2.75, 3.05) is 31.3 Å². The van der Waals surface area contributed by atoms with Gasteiger partial charge in [0.2, 0.25) is 10.0 Å². The Bertz CT molecular complexity index is 303. The topological polar surface area (TPSA) is 49.4 Å². The molecule has 102 valence electrons. The summed E-state index contributed by atoms with van der Waals surface area (Å²) in [6.45, 7) is 4.91. The molecule has 1 rings (SSSR count). The third kappa shape index (κ3) is 6.60. The quantitative estimate of drug-likeness (QED) is 0.719. The SMILES string of the molecule is CC(CN1CCCCC1)NS(=O)(=O)CCCCl. The number of likely N-dealkylation sites (tertiary alicyclic amines) is 1. The average Bonchev–Trinajstić information content (AvgIpc) is 2.27. The van der Waals surface area contributed by atoms with Gasteiger partial charge in [0.15, 0.2) is 0 Å². The molecule has 1 heterocycles. The minimum absolute atomic E-state index is 0.0200. The fraction of sp³-hybridized carbons (Fsp3) is 1.00. The van der Waals surface area contributed by atoms with E-state index in [9.17, 15) is 8.42 Å². The maximum atomic E-state index is 11.7. The number of nitrogens with one attached hydrogen (secondary N) is 1. The normalized spacial score (nSPS) is 20.4. The number of sulfonamides is 1. The molecule has 0 spiro atoms. The van der Waals surface area contributed by atoms with Crippen LogP contribution in [0.5, 0.6) is 0 Å². The molecule has 0 radical (unpaired) electrons. The number of alkyl halides is 1. The summed E-state index contributed by atoms with van der Waals surface area (Å²) in [4.78, 5) is 2.33. The third-order valence-corrected chi connectivity index (χ3v) is 4.76. The van der Waals surface area contributed by atoms with Crippen LogP contribution in [0.15, 0.2) is 0 Å². The molecule has 1 unspecified atom stereocenters. The predicted octanol–water partition coefficient (Wildman–Crippen LogP) is 1.41. The molecule has 0 aromatic carbocycles. The zero-order valence-corrected chi connectivity index (χ0v) is 12.1. The van der Waals surface area contributed by atoms with Gasteiger partial charge in [0.1, 0.15) is 0 Å². The van der Waals surface area contributed by atoms with Crippen molar-refractivity contribution in [2.45, 2.75) is 38.6 Å². The maximum Gasteiger partial charge on any atom is 0.211 e. The predicted molar refractivity (Wildman–Crippen MR) is 72.0 cm³/mol. The molecule has 1 fully saturated rings. The van der Waals surface area contributed by atoms with Gasteiger partial charge < -0.3 is 4.90 Å². The molecule has 1 aliphatic heterocycles. The second-order valence-electron chi connectivity index (χ2n) is 4.74. The van der Waals surface area contributed by atoms with E-state index in [1.54, 1.807) is 0 Å². The first-order valence-corrected chi connectivity index (χ1v) is 8.50. The maximum absolute atomic E-state index is 11.7. The lowest BCUT2D eigenvalue weighted by Gasteiger charge is -2.29. The van der Waals surface area contributed by atoms with Crippen LogP contribution >= 0.6 is 11.6 Å². The number of nitrogens with zero attached hydrogens (tertiary/aromatic N) is 1. The van der Waals surface area contributed by atoms with E-state index in [0.29, 0.717) is 12.3 Å². The van der Waals surface area contributed by atoms with Crippen LogP contribution in [0.4, 0.5) is 0 Å². The van der Waals surface area contributed by atoms with Crippen LogP contribution in [0.1, 0.15) is 32.6 Å². The molecule has 0 aliphatic carbocycles. The highest BCUT2D eigenvalue weighted by Crippen LogP contribution is 2.09. The van der Waals surface area contributed by atoms with Crippen LogP contribution < -0.4 is 4.72 Å². The van der Waals surface area contributed by atoms with Crippen molar-refractivity contribution >= 4 is 21.6 Å². The van der Waals surface area contributed by atoms with E-state index in [1.807, 2.05) is 6.92 Å². The molecule has 0 aromatic heterocycles. The standard InChI is InChI=1S/C11H23ClN2O2S/c1-11(10-14-7-3-2-4-8-14)13-17(15,16)9-5-6-12/h11,13H,2-10H2,1H3. The van der Waals surface area contributed by atoms with E-state index in [2.05, 4.69) is 9.62 Å². The van der Waals surface area contributed by atoms with Crippen molar-refractivity contribution in [2.24, 2.45) is 0 Å². The van der Waals surface area contributed by atoms with E-state index >= 15 is 0 Å². The number of piperidine rings is 1. The molecule has 0 amide bonds. The van der Waals surface area contributed by atoms with Gasteiger partial charge in [-0.15, -0.1) is 11.6 Å². The molecule has 1 aliphatic rings. The van der Waals surface area contributed by atoms with Gasteiger partial charge in [0, 0.05) is 18.5 Å². The van der Waals surface area contributed by atoms with Crippen LogP contribution in [-0.2, 0) is 10.0 Å². The molecule has 0 bridgehead atoms. The van der Waals surface area contributed by atoms with E-state index in [4.69, 9.17) is 11.6 Å². The highest BCUT2D eigenvalue weighted by atomic mass is 35.5. The number of hydrogen-bond donors (Lipinski definition) is 1. The molecule has 17 heavy (non-hydrogen) atoms. The van der Waals surface area contributed by atoms with Crippen LogP contribution in [-0.4, -0.2) is 50.6 Å². The van der Waals surface area contributed by atoms with Crippen molar-refractivity contribution < 1.29 is 8.42 Å². The second-order valence-corrected chi connectivity index (χ2v) is 6.99. The summed E-state index contributed by atoms with van der Waals surface area (Å²) in [6, 6.07) is -0.0200. The lowest BCUT2D eigenvalue weighted by molar-refractivity contribution is 0.215. The Kier molecular flexibility index (Phi) is 6.77. The third-order valence-electron chi connectivity index (χ3n) is 2.91. The van der Waals surface area contributed by atoms with E-state index in [1.165, 1.54) is 19.3 Å². The highest BCUT2D eigenvalue weighted by molar-refractivity contribution is 7.89. The van der Waals surface area contributed by atoms with Gasteiger partial charge in [0.05, 0.1) is 5.75 Å². The van der Waals surface area contributed by atoms with Crippen molar-refractivity contribution in [3.8, 4) is 0 Å². The summed E-state index contributed by atoms with van der Waals surface area (Å²) in [7, 11) is -3.15. The average molecular weight is 283 g/mol. The first kappa shape index (κ1) is 15.2. The van der Waals surface area contributed by atoms with Gasteiger partial charge in [-0.05, 0) is 39.3 Å². The van der Waals surface area contributed by atoms with Gasteiger partial charge >= 0.3 is 0 Å². The molecule has 0 saturated carbocycles. The molecule has 4 nitrogen and oxygen atoms in total. The Balaban J connectivity index is 2.29. The Hall–Kier alpha value is 0.160. The van der Waals surface area contributed by atoms with Gasteiger partial charge in [-0.25, -0.2) is 13.1 Å². The Morgan fingerprint density at radius 2 is 1.94 bits per heavy atom. The monoisotopic (exact) mass is 282 g/mol. The van der Waals surface area contributed by atoms with E-state index in [-0.39, 0.29) is 11.8 Å². The summed E-state index contributed by atoms with van der Waals surface area (Å²) in [5.74, 6) is 0.516. The first-order valence-electron chi connectivity index (χ1n) is 6.32. The lowest BCUT2D eigenvalue weighted by Crippen LogP contribution is -2.44. The van der Waals surface area contributed by atoms with Gasteiger partial charge in [0.25, 0.3) is 0 Å². The van der Waals surface area contributed by atoms with Crippen LogP contribution in [0.2, 0.25) is 0 Å². The van der Waals surface area contributed by atoms with Gasteiger partial charge in [-0.3, -0.25) is 0 Å². The summed E-state index contributed by atoms with van der Waals surface area (Å²) in [5, 5.41) is 0. The summed E-state index contributed by atoms with van der Waals surface area (Å²) < 4.78 is 26.0. The second kappa shape index (κ2) is 7.56. The first-order chi connectivity index (χ1) is 8.03. The molecule has 0 aromatic rings. The lowest BCUT2D eigenvalue weighted by atomic mass is 10.1. The molecular weight excluding hydrogens is 260 g/mol. The van der Waals surface area contributed by atoms with Crippen LogP contribution in [0.25, 0.3) is 0 Å². The largest absolute Gasteiger partial charge is 0.302 e. The Labute approximate surface area is 110 Å². The Morgan fingerprint density at radius 3 is 2.53 bits per heavy atom. The zero-order chi connectivity index (χ0) is 12.7. The number of hydrogen-bond acceptors (Lipinski definition) is 3. The molecule has 1 saturated heterocycles. The summed E-state index contributed by atoms with van der Waals surface area (Å²) in [6.07, 6.45) is 4.26. The molecule has 6 heteroatoms. The van der Waals surface area contributed by atoms with Gasteiger partial charge in [-0.2, -0.15) is 0 Å². The van der Waals surface area contributed by atoms with Crippen molar-refractivity contribution in [1.29, 1.82) is 0 Å². The Morgan fingerprint density at radius 1 is 1.29 bits per heavy atom. The van der Waals surface area contributed by atoms with Crippen LogP contribution in [0, 0.1) is 0 Å². The van der Waals surface area contributed by atoms with Crippen molar-refractivity contribution in [3.63, 3.8) is 0 Å². The van der Waals surface area contributed by atoms with E-state index in [0.717, 1.165) is 19.6 Å².